The molecule has 0 aliphatic heterocycles. The highest BCUT2D eigenvalue weighted by molar-refractivity contribution is 5.50. The van der Waals surface area contributed by atoms with Crippen LogP contribution >= 0.6 is 0 Å². The fourth-order valence-corrected chi connectivity index (χ4v) is 0.874. The van der Waals surface area contributed by atoms with Crippen molar-refractivity contribution in [1.29, 1.82) is 0 Å². The van der Waals surface area contributed by atoms with E-state index in [1.165, 1.54) is 5.56 Å². The average Bonchev–Trinajstić information content (AvgIpc) is 2.14. The van der Waals surface area contributed by atoms with Crippen molar-refractivity contribution in [3.63, 3.8) is 0 Å². The molecule has 0 unspecified atom stereocenters. The summed E-state index contributed by atoms with van der Waals surface area (Å²) in [7, 11) is 0. The predicted molar refractivity (Wildman–Crippen MR) is 54.8 cm³/mol. The first-order valence-electron chi connectivity index (χ1n) is 3.94. The van der Waals surface area contributed by atoms with Gasteiger partial charge in [-0.25, -0.2) is 0 Å². The third-order valence-corrected chi connectivity index (χ3v) is 1.45. The molecule has 0 saturated carbocycles. The van der Waals surface area contributed by atoms with E-state index in [2.05, 4.69) is 24.8 Å². The van der Waals surface area contributed by atoms with Gasteiger partial charge in [0.15, 0.2) is 0 Å². The third kappa shape index (κ3) is 3.02. The van der Waals surface area contributed by atoms with Gasteiger partial charge in [-0.1, -0.05) is 67.3 Å². The Morgan fingerprint density at radius 3 is 2.33 bits per heavy atom. The molecule has 0 aromatic heterocycles. The van der Waals surface area contributed by atoms with Crippen LogP contribution < -0.4 is 0 Å². The monoisotopic (exact) mass is 156 g/mol. The van der Waals surface area contributed by atoms with Gasteiger partial charge in [-0.3, -0.25) is 0 Å². The number of allylic oxidation sites excluding steroid dienone is 4. The third-order valence-electron chi connectivity index (χ3n) is 1.45. The lowest BCUT2D eigenvalue weighted by atomic mass is 10.2. The summed E-state index contributed by atoms with van der Waals surface area (Å²) in [6.45, 7) is 3.58. The van der Waals surface area contributed by atoms with Gasteiger partial charge in [-0.05, 0) is 5.56 Å². The molecule has 0 atom stereocenters. The predicted octanol–water partition coefficient (Wildman–Crippen LogP) is 3.44. The summed E-state index contributed by atoms with van der Waals surface area (Å²) in [5.74, 6) is 0. The van der Waals surface area contributed by atoms with E-state index < -0.39 is 0 Å². The van der Waals surface area contributed by atoms with E-state index in [1.807, 2.05) is 36.4 Å². The van der Waals surface area contributed by atoms with Crippen LogP contribution in [0, 0.1) is 0 Å². The van der Waals surface area contributed by atoms with E-state index in [-0.39, 0.29) is 0 Å². The lowest BCUT2D eigenvalue weighted by Crippen LogP contribution is -1.66. The van der Waals surface area contributed by atoms with Crippen molar-refractivity contribution in [2.75, 3.05) is 0 Å². The van der Waals surface area contributed by atoms with Crippen LogP contribution in [-0.4, -0.2) is 0 Å². The second kappa shape index (κ2) is 5.14. The smallest absolute Gasteiger partial charge is 0.0257 e. The van der Waals surface area contributed by atoms with Crippen LogP contribution in [0.5, 0.6) is 0 Å². The van der Waals surface area contributed by atoms with Crippen molar-refractivity contribution in [2.24, 2.45) is 0 Å². The quantitative estimate of drug-likeness (QED) is 0.588. The summed E-state index contributed by atoms with van der Waals surface area (Å²) in [4.78, 5) is 0. The van der Waals surface area contributed by atoms with Crippen LogP contribution in [0.25, 0.3) is 6.08 Å². The molecule has 1 aromatic carbocycles. The molecule has 0 aliphatic carbocycles. The van der Waals surface area contributed by atoms with Gasteiger partial charge in [0.05, 0.1) is 0 Å². The molecule has 0 saturated heterocycles. The maximum absolute atomic E-state index is 3.58. The van der Waals surface area contributed by atoms with E-state index in [4.69, 9.17) is 0 Å². The van der Waals surface area contributed by atoms with E-state index >= 15 is 0 Å². The SMILES string of the molecule is C=C/C=C\C=C\c1ccccc1. The molecule has 1 rings (SSSR count). The van der Waals surface area contributed by atoms with Gasteiger partial charge >= 0.3 is 0 Å². The Kier molecular flexibility index (Phi) is 3.65. The highest BCUT2D eigenvalue weighted by Crippen LogP contribution is 2.00. The summed E-state index contributed by atoms with van der Waals surface area (Å²) in [6, 6.07) is 10.2. The lowest BCUT2D eigenvalue weighted by molar-refractivity contribution is 1.66. The number of benzene rings is 1. The zero-order valence-corrected chi connectivity index (χ0v) is 6.98. The summed E-state index contributed by atoms with van der Waals surface area (Å²) >= 11 is 0. The maximum Gasteiger partial charge on any atom is -0.0257 e. The van der Waals surface area contributed by atoms with Crippen LogP contribution in [0.2, 0.25) is 0 Å². The summed E-state index contributed by atoms with van der Waals surface area (Å²) < 4.78 is 0. The van der Waals surface area contributed by atoms with Gasteiger partial charge in [0, 0.05) is 0 Å². The first-order chi connectivity index (χ1) is 5.93. The zero-order valence-electron chi connectivity index (χ0n) is 6.98. The summed E-state index contributed by atoms with van der Waals surface area (Å²) in [5, 5.41) is 0. The van der Waals surface area contributed by atoms with Gasteiger partial charge in [-0.2, -0.15) is 0 Å². The molecule has 0 heteroatoms. The first-order valence-corrected chi connectivity index (χ1v) is 3.94. The molecule has 0 nitrogen and oxygen atoms in total. The second-order valence-corrected chi connectivity index (χ2v) is 2.39. The molecule has 0 bridgehead atoms. The summed E-state index contributed by atoms with van der Waals surface area (Å²) in [6.07, 6.45) is 9.67. The van der Waals surface area contributed by atoms with Crippen LogP contribution in [0.15, 0.2) is 61.2 Å². The molecule has 0 aliphatic rings. The minimum absolute atomic E-state index is 1.21. The van der Waals surface area contributed by atoms with Gasteiger partial charge in [0.2, 0.25) is 0 Å². The Hall–Kier alpha value is -1.56. The van der Waals surface area contributed by atoms with E-state index in [0.29, 0.717) is 0 Å². The fraction of sp³-hybridized carbons (Fsp3) is 0. The maximum atomic E-state index is 3.58. The van der Waals surface area contributed by atoms with Crippen LogP contribution in [0.4, 0.5) is 0 Å². The normalized spacial score (nSPS) is 11.0. The van der Waals surface area contributed by atoms with Crippen molar-refractivity contribution in [3.8, 4) is 0 Å². The lowest BCUT2D eigenvalue weighted by Gasteiger charge is -1.87. The topological polar surface area (TPSA) is 0 Å². The summed E-state index contributed by atoms with van der Waals surface area (Å²) in [5.41, 5.74) is 1.21. The molecular formula is C12H12. The molecular weight excluding hydrogens is 144 g/mol. The average molecular weight is 156 g/mol. The fourth-order valence-electron chi connectivity index (χ4n) is 0.874. The molecule has 12 heavy (non-hydrogen) atoms. The van der Waals surface area contributed by atoms with Crippen molar-refractivity contribution < 1.29 is 0 Å². The number of hydrogen-bond donors (Lipinski definition) is 0. The first kappa shape index (κ1) is 8.54. The second-order valence-electron chi connectivity index (χ2n) is 2.39. The highest BCUT2D eigenvalue weighted by Gasteiger charge is 1.78. The van der Waals surface area contributed by atoms with Crippen LogP contribution in [0.3, 0.4) is 0 Å². The Balaban J connectivity index is 2.58. The van der Waals surface area contributed by atoms with Crippen LogP contribution in [0.1, 0.15) is 5.56 Å². The molecule has 0 fully saturated rings. The molecule has 0 radical (unpaired) electrons. The van der Waals surface area contributed by atoms with E-state index in [0.717, 1.165) is 0 Å². The van der Waals surface area contributed by atoms with Crippen LogP contribution in [-0.2, 0) is 0 Å². The van der Waals surface area contributed by atoms with Gasteiger partial charge in [-0.15, -0.1) is 0 Å². The van der Waals surface area contributed by atoms with Crippen molar-refractivity contribution in [3.05, 3.63) is 66.8 Å². The standard InChI is InChI=1S/C12H12/c1-2-3-4-6-9-12-10-7-5-8-11-12/h2-11H,1H2/b4-3-,9-6+. The minimum Gasteiger partial charge on any atom is -0.0991 e. The van der Waals surface area contributed by atoms with E-state index in [9.17, 15) is 0 Å². The minimum atomic E-state index is 1.21. The molecule has 60 valence electrons. The Bertz CT molecular complexity index is 278. The number of hydrogen-bond acceptors (Lipinski definition) is 0. The Labute approximate surface area is 73.6 Å². The molecule has 0 spiro atoms. The largest absolute Gasteiger partial charge is 0.0991 e. The number of rotatable bonds is 3. The molecule has 0 N–H and O–H groups in total. The van der Waals surface area contributed by atoms with E-state index in [1.54, 1.807) is 6.08 Å². The highest BCUT2D eigenvalue weighted by atomic mass is 13.8. The van der Waals surface area contributed by atoms with Gasteiger partial charge in [0.1, 0.15) is 0 Å². The van der Waals surface area contributed by atoms with Crippen molar-refractivity contribution in [1.82, 2.24) is 0 Å². The Morgan fingerprint density at radius 1 is 0.917 bits per heavy atom. The van der Waals surface area contributed by atoms with Crippen molar-refractivity contribution in [2.45, 2.75) is 0 Å². The van der Waals surface area contributed by atoms with Gasteiger partial charge in [0.25, 0.3) is 0 Å². The Morgan fingerprint density at radius 2 is 1.67 bits per heavy atom. The molecule has 0 heterocycles. The van der Waals surface area contributed by atoms with Crippen molar-refractivity contribution >= 4 is 6.08 Å². The molecule has 1 aromatic rings. The van der Waals surface area contributed by atoms with Gasteiger partial charge < -0.3 is 0 Å². The molecule has 0 amide bonds. The zero-order chi connectivity index (χ0) is 8.65.